The number of carbonyl (C=O) groups excluding carboxylic acids is 2. The highest BCUT2D eigenvalue weighted by Gasteiger charge is 2.24. The molecule has 2 aromatic heterocycles. The van der Waals surface area contributed by atoms with Crippen molar-refractivity contribution in [3.05, 3.63) is 77.0 Å². The fraction of sp³-hybridized carbons (Fsp3) is 0.222. The molecule has 0 aliphatic heterocycles. The van der Waals surface area contributed by atoms with E-state index in [1.165, 1.54) is 20.1 Å². The minimum Gasteiger partial charge on any atom is -0.503 e. The van der Waals surface area contributed by atoms with E-state index in [0.29, 0.717) is 45.9 Å². The van der Waals surface area contributed by atoms with E-state index in [4.69, 9.17) is 14.2 Å². The van der Waals surface area contributed by atoms with Crippen LogP contribution in [0.5, 0.6) is 23.1 Å². The van der Waals surface area contributed by atoms with Crippen molar-refractivity contribution in [2.75, 3.05) is 20.8 Å². The number of aromatic nitrogens is 2. The molecule has 1 N–H and O–H groups in total. The summed E-state index contributed by atoms with van der Waals surface area (Å²) in [5, 5.41) is 10.9. The third-order valence-corrected chi connectivity index (χ3v) is 5.69. The number of ketones is 2. The fourth-order valence-electron chi connectivity index (χ4n) is 3.97. The first-order chi connectivity index (χ1) is 16.8. The molecule has 4 aromatic rings. The average molecular weight is 475 g/mol. The molecule has 0 saturated carbocycles. The number of aromatic hydroxyl groups is 1. The molecule has 0 saturated heterocycles. The summed E-state index contributed by atoms with van der Waals surface area (Å²) in [6.07, 6.45) is 0. The van der Waals surface area contributed by atoms with Crippen LogP contribution in [0.1, 0.15) is 34.1 Å². The summed E-state index contributed by atoms with van der Waals surface area (Å²) in [6, 6.07) is 15.8. The van der Waals surface area contributed by atoms with Gasteiger partial charge < -0.3 is 23.9 Å². The van der Waals surface area contributed by atoms with E-state index in [-0.39, 0.29) is 29.8 Å². The molecule has 8 nitrogen and oxygen atoms in total. The number of rotatable bonds is 9. The van der Waals surface area contributed by atoms with Crippen molar-refractivity contribution in [1.29, 1.82) is 0 Å². The molecular formula is C27H26N2O6. The predicted molar refractivity (Wildman–Crippen MR) is 131 cm³/mol. The second kappa shape index (κ2) is 9.89. The molecule has 0 bridgehead atoms. The Morgan fingerprint density at radius 1 is 1.00 bits per heavy atom. The van der Waals surface area contributed by atoms with Gasteiger partial charge in [0.1, 0.15) is 23.8 Å². The number of carbonyl (C=O) groups is 2. The lowest BCUT2D eigenvalue weighted by Crippen LogP contribution is -2.08. The number of hydrogen-bond donors (Lipinski definition) is 1. The number of Topliss-reactive ketones (excluding diaryl/α,β-unsaturated/α-hetero) is 1. The molecular weight excluding hydrogens is 448 g/mol. The lowest BCUT2D eigenvalue weighted by Gasteiger charge is -2.11. The van der Waals surface area contributed by atoms with Gasteiger partial charge in [0.2, 0.25) is 0 Å². The monoisotopic (exact) mass is 474 g/mol. The summed E-state index contributed by atoms with van der Waals surface area (Å²) in [6.45, 7) is 3.69. The van der Waals surface area contributed by atoms with Crippen molar-refractivity contribution >= 4 is 22.6 Å². The number of pyridine rings is 1. The standard InChI is InChI=1S/C27H26N2O6/c1-16(30)15-35-21-7-5-6-18(12-21)14-29-17(2)24(22-13-23(31)27(34-4)28-26(22)29)25(32)19-8-10-20(33-3)11-9-19/h5-13,31H,14-15H2,1-4H3. The van der Waals surface area contributed by atoms with Crippen LogP contribution < -0.4 is 14.2 Å². The van der Waals surface area contributed by atoms with Crippen molar-refractivity contribution in [1.82, 2.24) is 9.55 Å². The van der Waals surface area contributed by atoms with Crippen LogP contribution in [0.2, 0.25) is 0 Å². The zero-order valence-corrected chi connectivity index (χ0v) is 20.0. The topological polar surface area (TPSA) is 99.9 Å². The van der Waals surface area contributed by atoms with E-state index in [2.05, 4.69) is 4.98 Å². The quantitative estimate of drug-likeness (QED) is 0.361. The van der Waals surface area contributed by atoms with Gasteiger partial charge in [0.25, 0.3) is 5.88 Å². The van der Waals surface area contributed by atoms with E-state index in [0.717, 1.165) is 5.56 Å². The summed E-state index contributed by atoms with van der Waals surface area (Å²) in [4.78, 5) is 29.4. The molecule has 0 fully saturated rings. The first kappa shape index (κ1) is 23.8. The lowest BCUT2D eigenvalue weighted by atomic mass is 10.0. The molecule has 0 aliphatic carbocycles. The summed E-state index contributed by atoms with van der Waals surface area (Å²) >= 11 is 0. The first-order valence-corrected chi connectivity index (χ1v) is 11.0. The van der Waals surface area contributed by atoms with E-state index in [1.54, 1.807) is 37.4 Å². The molecule has 0 aliphatic rings. The van der Waals surface area contributed by atoms with Crippen LogP contribution in [0.4, 0.5) is 0 Å². The Kier molecular flexibility index (Phi) is 6.73. The molecule has 0 unspecified atom stereocenters. The number of methoxy groups -OCH3 is 2. The maximum absolute atomic E-state index is 13.6. The number of ether oxygens (including phenoxy) is 3. The number of benzene rings is 2. The average Bonchev–Trinajstić information content (AvgIpc) is 3.12. The van der Waals surface area contributed by atoms with E-state index < -0.39 is 0 Å². The van der Waals surface area contributed by atoms with Crippen LogP contribution in [-0.4, -0.2) is 47.1 Å². The van der Waals surface area contributed by atoms with Crippen LogP contribution in [0, 0.1) is 6.92 Å². The Morgan fingerprint density at radius 3 is 2.40 bits per heavy atom. The van der Waals surface area contributed by atoms with Gasteiger partial charge in [-0.1, -0.05) is 12.1 Å². The maximum atomic E-state index is 13.6. The van der Waals surface area contributed by atoms with Gasteiger partial charge >= 0.3 is 0 Å². The first-order valence-electron chi connectivity index (χ1n) is 11.0. The lowest BCUT2D eigenvalue weighted by molar-refractivity contribution is -0.118. The third-order valence-electron chi connectivity index (χ3n) is 5.69. The third kappa shape index (κ3) is 4.82. The van der Waals surface area contributed by atoms with E-state index >= 15 is 0 Å². The summed E-state index contributed by atoms with van der Waals surface area (Å²) in [5.41, 5.74) is 3.02. The SMILES string of the molecule is COc1ccc(C(=O)c2c(C)n(Cc3cccc(OCC(C)=O)c3)c3nc(OC)c(O)cc23)cc1. The number of hydrogen-bond acceptors (Lipinski definition) is 7. The normalized spacial score (nSPS) is 10.9. The Morgan fingerprint density at radius 2 is 1.74 bits per heavy atom. The van der Waals surface area contributed by atoms with Crippen molar-refractivity contribution in [3.63, 3.8) is 0 Å². The summed E-state index contributed by atoms with van der Waals surface area (Å²) < 4.78 is 17.9. The highest BCUT2D eigenvalue weighted by atomic mass is 16.5. The highest BCUT2D eigenvalue weighted by Crippen LogP contribution is 2.35. The van der Waals surface area contributed by atoms with Gasteiger partial charge in [0.15, 0.2) is 17.3 Å². The smallest absolute Gasteiger partial charge is 0.258 e. The Balaban J connectivity index is 1.81. The van der Waals surface area contributed by atoms with Gasteiger partial charge in [0.05, 0.1) is 19.8 Å². The second-order valence-corrected chi connectivity index (χ2v) is 8.13. The summed E-state index contributed by atoms with van der Waals surface area (Å²) in [5.74, 6) is 0.874. The van der Waals surface area contributed by atoms with Gasteiger partial charge in [-0.15, -0.1) is 0 Å². The largest absolute Gasteiger partial charge is 0.503 e. The predicted octanol–water partition coefficient (Wildman–Crippen LogP) is 4.31. The number of fused-ring (bicyclic) bond motifs is 1. The van der Waals surface area contributed by atoms with Gasteiger partial charge in [-0.3, -0.25) is 9.59 Å². The van der Waals surface area contributed by atoms with Crippen LogP contribution in [0.3, 0.4) is 0 Å². The zero-order chi connectivity index (χ0) is 25.1. The minimum absolute atomic E-state index is 0.00647. The molecule has 0 amide bonds. The highest BCUT2D eigenvalue weighted by molar-refractivity contribution is 6.17. The molecule has 35 heavy (non-hydrogen) atoms. The summed E-state index contributed by atoms with van der Waals surface area (Å²) in [7, 11) is 2.99. The van der Waals surface area contributed by atoms with Crippen molar-refractivity contribution in [3.8, 4) is 23.1 Å². The Hall–Kier alpha value is -4.33. The minimum atomic E-state index is -0.196. The molecule has 0 atom stereocenters. The van der Waals surface area contributed by atoms with E-state index in [1.807, 2.05) is 29.7 Å². The zero-order valence-electron chi connectivity index (χ0n) is 20.0. The Labute approximate surface area is 202 Å². The van der Waals surface area contributed by atoms with Gasteiger partial charge in [-0.05, 0) is 61.9 Å². The molecule has 2 aromatic carbocycles. The molecule has 2 heterocycles. The van der Waals surface area contributed by atoms with Crippen LogP contribution in [0.25, 0.3) is 11.0 Å². The van der Waals surface area contributed by atoms with Crippen LogP contribution >= 0.6 is 0 Å². The van der Waals surface area contributed by atoms with Crippen molar-refractivity contribution < 1.29 is 28.9 Å². The number of nitrogens with zero attached hydrogens (tertiary/aromatic N) is 2. The fourth-order valence-corrected chi connectivity index (χ4v) is 3.97. The molecule has 4 rings (SSSR count). The van der Waals surface area contributed by atoms with Crippen molar-refractivity contribution in [2.24, 2.45) is 0 Å². The van der Waals surface area contributed by atoms with Crippen LogP contribution in [0.15, 0.2) is 54.6 Å². The molecule has 0 radical (unpaired) electrons. The van der Waals surface area contributed by atoms with Gasteiger partial charge in [-0.2, -0.15) is 4.98 Å². The van der Waals surface area contributed by atoms with E-state index in [9.17, 15) is 14.7 Å². The molecule has 0 spiro atoms. The van der Waals surface area contributed by atoms with Crippen molar-refractivity contribution in [2.45, 2.75) is 20.4 Å². The molecule has 8 heteroatoms. The maximum Gasteiger partial charge on any atom is 0.258 e. The van der Waals surface area contributed by atoms with Gasteiger partial charge in [-0.25, -0.2) is 0 Å². The Bertz CT molecular complexity index is 1410. The van der Waals surface area contributed by atoms with Crippen LogP contribution in [-0.2, 0) is 11.3 Å². The second-order valence-electron chi connectivity index (χ2n) is 8.13. The van der Waals surface area contributed by atoms with Gasteiger partial charge in [0, 0.05) is 23.2 Å². The molecule has 180 valence electrons.